The van der Waals surface area contributed by atoms with Crippen LogP contribution >= 0.6 is 0 Å². The molecule has 1 saturated carbocycles. The first kappa shape index (κ1) is 13.9. The monoisotopic (exact) mass is 264 g/mol. The van der Waals surface area contributed by atoms with Crippen molar-refractivity contribution in [3.63, 3.8) is 0 Å². The Morgan fingerprint density at radius 1 is 1.16 bits per heavy atom. The van der Waals surface area contributed by atoms with Crippen LogP contribution in [0.2, 0.25) is 0 Å². The third-order valence-electron chi connectivity index (χ3n) is 5.86. The smallest absolute Gasteiger partial charge is 0.00503 e. The van der Waals surface area contributed by atoms with Gasteiger partial charge in [-0.25, -0.2) is 0 Å². The predicted octanol–water partition coefficient (Wildman–Crippen LogP) is 3.28. The van der Waals surface area contributed by atoms with E-state index >= 15 is 0 Å². The Labute approximate surface area is 119 Å². The largest absolute Gasteiger partial charge is 0.316 e. The highest BCUT2D eigenvalue weighted by molar-refractivity contribution is 4.92. The molecule has 110 valence electrons. The Morgan fingerprint density at radius 3 is 2.84 bits per heavy atom. The zero-order valence-corrected chi connectivity index (χ0v) is 12.8. The van der Waals surface area contributed by atoms with E-state index in [1.807, 2.05) is 0 Å². The van der Waals surface area contributed by atoms with Gasteiger partial charge in [-0.1, -0.05) is 19.8 Å². The maximum atomic E-state index is 3.65. The Kier molecular flexibility index (Phi) is 4.48. The van der Waals surface area contributed by atoms with Gasteiger partial charge in [0.2, 0.25) is 0 Å². The molecule has 3 rings (SSSR count). The lowest BCUT2D eigenvalue weighted by atomic mass is 9.74. The molecule has 19 heavy (non-hydrogen) atoms. The minimum absolute atomic E-state index is 0.636. The van der Waals surface area contributed by atoms with Crippen molar-refractivity contribution in [3.05, 3.63) is 0 Å². The van der Waals surface area contributed by atoms with Crippen molar-refractivity contribution >= 4 is 0 Å². The molecule has 2 aliphatic heterocycles. The molecule has 0 aromatic rings. The van der Waals surface area contributed by atoms with Crippen molar-refractivity contribution in [1.82, 2.24) is 10.2 Å². The van der Waals surface area contributed by atoms with Gasteiger partial charge in [-0.3, -0.25) is 0 Å². The molecule has 1 spiro atoms. The minimum Gasteiger partial charge on any atom is -0.316 e. The van der Waals surface area contributed by atoms with Crippen LogP contribution in [0.3, 0.4) is 0 Å². The molecular weight excluding hydrogens is 232 g/mol. The molecule has 2 nitrogen and oxygen atoms in total. The van der Waals surface area contributed by atoms with E-state index in [2.05, 4.69) is 17.1 Å². The fourth-order valence-corrected chi connectivity index (χ4v) is 4.94. The first-order valence-corrected chi connectivity index (χ1v) is 8.69. The van der Waals surface area contributed by atoms with Crippen LogP contribution in [0.15, 0.2) is 0 Å². The van der Waals surface area contributed by atoms with Gasteiger partial charge in [0.25, 0.3) is 0 Å². The first-order valence-electron chi connectivity index (χ1n) is 8.69. The number of hydrogen-bond donors (Lipinski definition) is 1. The summed E-state index contributed by atoms with van der Waals surface area (Å²) in [5, 5.41) is 3.65. The van der Waals surface area contributed by atoms with Crippen molar-refractivity contribution in [2.45, 2.75) is 58.3 Å². The number of likely N-dealkylation sites (tertiary alicyclic amines) is 1. The standard InChI is InChI=1S/C17H32N2/c1-15-5-2-6-16(11-15)12-19-10-4-8-17(14-19)7-3-9-18-13-17/h15-16,18H,2-14H2,1H3. The van der Waals surface area contributed by atoms with Crippen molar-refractivity contribution in [2.24, 2.45) is 17.3 Å². The van der Waals surface area contributed by atoms with Crippen molar-refractivity contribution < 1.29 is 0 Å². The molecule has 0 radical (unpaired) electrons. The minimum atomic E-state index is 0.636. The average molecular weight is 264 g/mol. The van der Waals surface area contributed by atoms with Gasteiger partial charge in [-0.2, -0.15) is 0 Å². The summed E-state index contributed by atoms with van der Waals surface area (Å²) in [6.07, 6.45) is 11.7. The first-order chi connectivity index (χ1) is 9.26. The van der Waals surface area contributed by atoms with Crippen LogP contribution in [0.5, 0.6) is 0 Å². The molecular formula is C17H32N2. The molecule has 0 amide bonds. The van der Waals surface area contributed by atoms with Gasteiger partial charge in [0.15, 0.2) is 0 Å². The van der Waals surface area contributed by atoms with E-state index < -0.39 is 0 Å². The molecule has 3 atom stereocenters. The van der Waals surface area contributed by atoms with Gasteiger partial charge >= 0.3 is 0 Å². The number of rotatable bonds is 2. The predicted molar refractivity (Wildman–Crippen MR) is 81.3 cm³/mol. The van der Waals surface area contributed by atoms with Gasteiger partial charge < -0.3 is 10.2 Å². The normalized spacial score (nSPS) is 41.5. The van der Waals surface area contributed by atoms with E-state index in [9.17, 15) is 0 Å². The van der Waals surface area contributed by atoms with Gasteiger partial charge in [0.1, 0.15) is 0 Å². The molecule has 3 fully saturated rings. The molecule has 0 bridgehead atoms. The van der Waals surface area contributed by atoms with Gasteiger partial charge in [-0.05, 0) is 68.9 Å². The Morgan fingerprint density at radius 2 is 2.05 bits per heavy atom. The number of hydrogen-bond acceptors (Lipinski definition) is 2. The van der Waals surface area contributed by atoms with Gasteiger partial charge in [0, 0.05) is 19.6 Å². The molecule has 1 N–H and O–H groups in total. The summed E-state index contributed by atoms with van der Waals surface area (Å²) in [5.41, 5.74) is 0.636. The third kappa shape index (κ3) is 3.52. The summed E-state index contributed by atoms with van der Waals surface area (Å²) in [5.74, 6) is 1.98. The average Bonchev–Trinajstić information content (AvgIpc) is 2.40. The molecule has 2 heteroatoms. The lowest BCUT2D eigenvalue weighted by Gasteiger charge is -2.46. The molecule has 0 aromatic carbocycles. The van der Waals surface area contributed by atoms with Crippen molar-refractivity contribution in [1.29, 1.82) is 0 Å². The second kappa shape index (κ2) is 6.13. The van der Waals surface area contributed by atoms with Crippen LogP contribution in [-0.4, -0.2) is 37.6 Å². The molecule has 0 aromatic heterocycles. The van der Waals surface area contributed by atoms with Crippen LogP contribution in [-0.2, 0) is 0 Å². The van der Waals surface area contributed by atoms with Crippen molar-refractivity contribution in [3.8, 4) is 0 Å². The highest BCUT2D eigenvalue weighted by Gasteiger charge is 2.37. The van der Waals surface area contributed by atoms with Crippen LogP contribution in [0.4, 0.5) is 0 Å². The summed E-state index contributed by atoms with van der Waals surface area (Å²) in [7, 11) is 0. The zero-order chi connectivity index (χ0) is 13.1. The summed E-state index contributed by atoms with van der Waals surface area (Å²) in [4.78, 5) is 2.82. The van der Waals surface area contributed by atoms with Crippen molar-refractivity contribution in [2.75, 3.05) is 32.7 Å². The highest BCUT2D eigenvalue weighted by Crippen LogP contribution is 2.37. The van der Waals surface area contributed by atoms with Crippen LogP contribution in [0, 0.1) is 17.3 Å². The fourth-order valence-electron chi connectivity index (χ4n) is 4.94. The number of nitrogens with zero attached hydrogens (tertiary/aromatic N) is 1. The Bertz CT molecular complexity index is 277. The topological polar surface area (TPSA) is 15.3 Å². The van der Waals surface area contributed by atoms with E-state index in [1.54, 1.807) is 0 Å². The second-order valence-electron chi connectivity index (χ2n) is 7.76. The molecule has 1 aliphatic carbocycles. The summed E-state index contributed by atoms with van der Waals surface area (Å²) in [6.45, 7) is 9.13. The Hall–Kier alpha value is -0.0800. The van der Waals surface area contributed by atoms with E-state index in [1.165, 1.54) is 84.1 Å². The quantitative estimate of drug-likeness (QED) is 0.823. The summed E-state index contributed by atoms with van der Waals surface area (Å²) in [6, 6.07) is 0. The second-order valence-corrected chi connectivity index (χ2v) is 7.76. The number of piperidine rings is 2. The third-order valence-corrected chi connectivity index (χ3v) is 5.86. The van der Waals surface area contributed by atoms with Gasteiger partial charge in [-0.15, -0.1) is 0 Å². The molecule has 3 aliphatic rings. The zero-order valence-electron chi connectivity index (χ0n) is 12.8. The summed E-state index contributed by atoms with van der Waals surface area (Å²) >= 11 is 0. The van der Waals surface area contributed by atoms with E-state index in [-0.39, 0.29) is 0 Å². The lowest BCUT2D eigenvalue weighted by molar-refractivity contribution is 0.0480. The van der Waals surface area contributed by atoms with E-state index in [0.717, 1.165) is 11.8 Å². The molecule has 3 unspecified atom stereocenters. The SMILES string of the molecule is CC1CCCC(CN2CCCC3(CCCNC3)C2)C1. The van der Waals surface area contributed by atoms with Crippen LogP contribution in [0.25, 0.3) is 0 Å². The van der Waals surface area contributed by atoms with E-state index in [4.69, 9.17) is 0 Å². The molecule has 2 saturated heterocycles. The van der Waals surface area contributed by atoms with Crippen LogP contribution in [0.1, 0.15) is 58.3 Å². The van der Waals surface area contributed by atoms with Gasteiger partial charge in [0.05, 0.1) is 0 Å². The van der Waals surface area contributed by atoms with E-state index in [0.29, 0.717) is 5.41 Å². The lowest BCUT2D eigenvalue weighted by Crippen LogP contribution is -2.52. The number of nitrogens with one attached hydrogen (secondary N) is 1. The maximum absolute atomic E-state index is 3.65. The molecule has 2 heterocycles. The summed E-state index contributed by atoms with van der Waals surface area (Å²) < 4.78 is 0. The van der Waals surface area contributed by atoms with Crippen LogP contribution < -0.4 is 5.32 Å². The Balaban J connectivity index is 1.53. The maximum Gasteiger partial charge on any atom is 0.00503 e. The fraction of sp³-hybridized carbons (Fsp3) is 1.00. The highest BCUT2D eigenvalue weighted by atomic mass is 15.1.